The fourth-order valence-electron chi connectivity index (χ4n) is 2.70. The van der Waals surface area contributed by atoms with Crippen molar-refractivity contribution in [2.75, 3.05) is 6.54 Å². The molecule has 0 heterocycles. The molecular weight excluding hydrogens is 210 g/mol. The second kappa shape index (κ2) is 4.43. The molecule has 0 saturated carbocycles. The first-order valence-corrected chi connectivity index (χ1v) is 6.46. The molecule has 0 bridgehead atoms. The number of fused-ring (bicyclic) bond motifs is 1. The third-order valence-corrected chi connectivity index (χ3v) is 3.77. The molecule has 94 valence electrons. The summed E-state index contributed by atoms with van der Waals surface area (Å²) in [4.78, 5) is 0. The predicted molar refractivity (Wildman–Crippen MR) is 71.1 cm³/mol. The summed E-state index contributed by atoms with van der Waals surface area (Å²) >= 11 is 0. The number of aliphatic hydroxyl groups excluding tert-OH is 1. The van der Waals surface area contributed by atoms with Crippen molar-refractivity contribution in [3.63, 3.8) is 0 Å². The van der Waals surface area contributed by atoms with Crippen LogP contribution in [0.5, 0.6) is 0 Å². The Morgan fingerprint density at radius 2 is 2.00 bits per heavy atom. The monoisotopic (exact) mass is 233 g/mol. The summed E-state index contributed by atoms with van der Waals surface area (Å²) in [7, 11) is 0. The molecule has 2 rings (SSSR count). The molecule has 0 fully saturated rings. The van der Waals surface area contributed by atoms with Gasteiger partial charge in [0.15, 0.2) is 0 Å². The van der Waals surface area contributed by atoms with Crippen molar-refractivity contribution in [2.24, 2.45) is 5.73 Å². The highest BCUT2D eigenvalue weighted by molar-refractivity contribution is 5.42. The van der Waals surface area contributed by atoms with Crippen molar-refractivity contribution >= 4 is 0 Å². The highest BCUT2D eigenvalue weighted by Gasteiger charge is 2.30. The maximum atomic E-state index is 10.1. The minimum atomic E-state index is -0.302. The van der Waals surface area contributed by atoms with Crippen molar-refractivity contribution in [2.45, 2.75) is 51.0 Å². The number of hydrogen-bond donors (Lipinski definition) is 2. The molecule has 0 radical (unpaired) electrons. The van der Waals surface area contributed by atoms with Gasteiger partial charge < -0.3 is 10.8 Å². The summed E-state index contributed by atoms with van der Waals surface area (Å²) in [5.74, 6) is 0.444. The first kappa shape index (κ1) is 12.6. The number of aliphatic hydroxyl groups is 1. The van der Waals surface area contributed by atoms with Crippen molar-refractivity contribution in [3.8, 4) is 0 Å². The fraction of sp³-hybridized carbons (Fsp3) is 0.600. The van der Waals surface area contributed by atoms with E-state index in [-0.39, 0.29) is 11.5 Å². The van der Waals surface area contributed by atoms with Crippen LogP contribution in [0.4, 0.5) is 0 Å². The van der Waals surface area contributed by atoms with Crippen molar-refractivity contribution < 1.29 is 5.11 Å². The number of benzene rings is 1. The number of hydrogen-bond acceptors (Lipinski definition) is 2. The smallest absolute Gasteiger partial charge is 0.0798 e. The molecule has 1 aromatic rings. The van der Waals surface area contributed by atoms with Crippen LogP contribution in [0.1, 0.15) is 62.3 Å². The lowest BCUT2D eigenvalue weighted by molar-refractivity contribution is 0.172. The third-order valence-electron chi connectivity index (χ3n) is 3.77. The predicted octanol–water partition coefficient (Wildman–Crippen LogP) is 2.85. The van der Waals surface area contributed by atoms with Gasteiger partial charge in [0.2, 0.25) is 0 Å². The van der Waals surface area contributed by atoms with Crippen LogP contribution in [0.3, 0.4) is 0 Å². The lowest BCUT2D eigenvalue weighted by atomic mass is 9.85. The van der Waals surface area contributed by atoms with Crippen LogP contribution >= 0.6 is 0 Å². The van der Waals surface area contributed by atoms with Gasteiger partial charge >= 0.3 is 0 Å². The summed E-state index contributed by atoms with van der Waals surface area (Å²) in [5.41, 5.74) is 9.49. The van der Waals surface area contributed by atoms with E-state index in [1.807, 2.05) is 0 Å². The van der Waals surface area contributed by atoms with Gasteiger partial charge in [-0.25, -0.2) is 0 Å². The SMILES string of the molecule is CC(C)(C)c1ccc2c(c1)C(O)CC2CCN. The molecule has 2 atom stereocenters. The van der Waals surface area contributed by atoms with E-state index >= 15 is 0 Å². The van der Waals surface area contributed by atoms with Gasteiger partial charge in [-0.15, -0.1) is 0 Å². The van der Waals surface area contributed by atoms with Gasteiger partial charge in [-0.3, -0.25) is 0 Å². The van der Waals surface area contributed by atoms with Gasteiger partial charge in [-0.05, 0) is 47.4 Å². The molecule has 3 N–H and O–H groups in total. The van der Waals surface area contributed by atoms with E-state index in [1.54, 1.807) is 0 Å². The number of rotatable bonds is 2. The van der Waals surface area contributed by atoms with Crippen LogP contribution in [0.25, 0.3) is 0 Å². The lowest BCUT2D eigenvalue weighted by Gasteiger charge is -2.21. The first-order valence-electron chi connectivity index (χ1n) is 6.46. The Balaban J connectivity index is 2.37. The van der Waals surface area contributed by atoms with Crippen LogP contribution in [0, 0.1) is 0 Å². The van der Waals surface area contributed by atoms with E-state index in [9.17, 15) is 5.11 Å². The average molecular weight is 233 g/mol. The summed E-state index contributed by atoms with van der Waals surface area (Å²) < 4.78 is 0. The zero-order chi connectivity index (χ0) is 12.6. The molecule has 1 aromatic carbocycles. The van der Waals surface area contributed by atoms with Gasteiger partial charge in [0.25, 0.3) is 0 Å². The zero-order valence-corrected chi connectivity index (χ0v) is 11.0. The van der Waals surface area contributed by atoms with Crippen LogP contribution in [-0.4, -0.2) is 11.7 Å². The van der Waals surface area contributed by atoms with Gasteiger partial charge in [-0.1, -0.05) is 39.0 Å². The van der Waals surface area contributed by atoms with Gasteiger partial charge in [0, 0.05) is 0 Å². The second-order valence-electron chi connectivity index (χ2n) is 6.12. The Morgan fingerprint density at radius 3 is 2.59 bits per heavy atom. The maximum Gasteiger partial charge on any atom is 0.0798 e. The molecule has 0 saturated heterocycles. The molecule has 1 aliphatic rings. The minimum Gasteiger partial charge on any atom is -0.388 e. The Kier molecular flexibility index (Phi) is 3.28. The summed E-state index contributed by atoms with van der Waals surface area (Å²) in [6, 6.07) is 6.56. The zero-order valence-electron chi connectivity index (χ0n) is 11.0. The van der Waals surface area contributed by atoms with Gasteiger partial charge in [0.05, 0.1) is 6.10 Å². The van der Waals surface area contributed by atoms with Crippen LogP contribution < -0.4 is 5.73 Å². The third kappa shape index (κ3) is 2.38. The lowest BCUT2D eigenvalue weighted by Crippen LogP contribution is -2.12. The largest absolute Gasteiger partial charge is 0.388 e. The van der Waals surface area contributed by atoms with E-state index in [0.29, 0.717) is 12.5 Å². The molecule has 2 unspecified atom stereocenters. The molecule has 0 amide bonds. The maximum absolute atomic E-state index is 10.1. The Hall–Kier alpha value is -0.860. The summed E-state index contributed by atoms with van der Waals surface area (Å²) in [6.45, 7) is 7.30. The van der Waals surface area contributed by atoms with Gasteiger partial charge in [0.1, 0.15) is 0 Å². The second-order valence-corrected chi connectivity index (χ2v) is 6.12. The molecular formula is C15H23NO. The van der Waals surface area contributed by atoms with E-state index in [2.05, 4.69) is 39.0 Å². The number of nitrogens with two attached hydrogens (primary N) is 1. The molecule has 0 aromatic heterocycles. The molecule has 0 spiro atoms. The van der Waals surface area contributed by atoms with Gasteiger partial charge in [-0.2, -0.15) is 0 Å². The normalized spacial score (nSPS) is 23.8. The molecule has 17 heavy (non-hydrogen) atoms. The van der Waals surface area contributed by atoms with E-state index < -0.39 is 0 Å². The topological polar surface area (TPSA) is 46.2 Å². The minimum absolute atomic E-state index is 0.140. The van der Waals surface area contributed by atoms with Crippen molar-refractivity contribution in [1.82, 2.24) is 0 Å². The highest BCUT2D eigenvalue weighted by Crippen LogP contribution is 2.43. The standard InChI is InChI=1S/C15H23NO/c1-15(2,3)11-4-5-12-10(6-7-16)8-14(17)13(12)9-11/h4-5,9-10,14,17H,6-8,16H2,1-3H3. The molecule has 2 nitrogen and oxygen atoms in total. The molecule has 1 aliphatic carbocycles. The first-order chi connectivity index (χ1) is 7.93. The Morgan fingerprint density at radius 1 is 1.29 bits per heavy atom. The van der Waals surface area contributed by atoms with Crippen molar-refractivity contribution in [3.05, 3.63) is 34.9 Å². The van der Waals surface area contributed by atoms with E-state index in [1.165, 1.54) is 11.1 Å². The quantitative estimate of drug-likeness (QED) is 0.825. The summed E-state index contributed by atoms with van der Waals surface area (Å²) in [5, 5.41) is 10.1. The van der Waals surface area contributed by atoms with E-state index in [4.69, 9.17) is 5.73 Å². The Labute approximate surface area is 104 Å². The fourth-order valence-corrected chi connectivity index (χ4v) is 2.70. The van der Waals surface area contributed by atoms with Crippen LogP contribution in [0.15, 0.2) is 18.2 Å². The molecule has 2 heteroatoms. The average Bonchev–Trinajstić information content (AvgIpc) is 2.55. The molecule has 0 aliphatic heterocycles. The summed E-state index contributed by atoms with van der Waals surface area (Å²) in [6.07, 6.45) is 1.50. The van der Waals surface area contributed by atoms with E-state index in [0.717, 1.165) is 18.4 Å². The van der Waals surface area contributed by atoms with Crippen LogP contribution in [-0.2, 0) is 5.41 Å². The highest BCUT2D eigenvalue weighted by atomic mass is 16.3. The van der Waals surface area contributed by atoms with Crippen LogP contribution in [0.2, 0.25) is 0 Å². The Bertz CT molecular complexity index is 406. The van der Waals surface area contributed by atoms with Crippen molar-refractivity contribution in [1.29, 1.82) is 0 Å².